The van der Waals surface area contributed by atoms with E-state index in [2.05, 4.69) is 210 Å². The van der Waals surface area contributed by atoms with Crippen LogP contribution in [0.3, 0.4) is 0 Å². The highest BCUT2D eigenvalue weighted by Crippen LogP contribution is 2.53. The van der Waals surface area contributed by atoms with E-state index in [-0.39, 0.29) is 10.8 Å². The van der Waals surface area contributed by atoms with Gasteiger partial charge in [0, 0.05) is 10.8 Å². The lowest BCUT2D eigenvalue weighted by Gasteiger charge is -2.24. The minimum Gasteiger partial charge on any atom is -0.0622 e. The molecule has 0 bridgehead atoms. The summed E-state index contributed by atoms with van der Waals surface area (Å²) in [4.78, 5) is 0. The molecule has 0 saturated heterocycles. The molecule has 0 unspecified atom stereocenters. The first-order chi connectivity index (χ1) is 26.3. The van der Waals surface area contributed by atoms with Crippen molar-refractivity contribution in [2.45, 2.75) is 38.5 Å². The van der Waals surface area contributed by atoms with Gasteiger partial charge in [-0.25, -0.2) is 0 Å². The van der Waals surface area contributed by atoms with Crippen LogP contribution in [0.5, 0.6) is 0 Å². The van der Waals surface area contributed by atoms with Crippen LogP contribution in [0.4, 0.5) is 0 Å². The van der Waals surface area contributed by atoms with E-state index < -0.39 is 0 Å². The van der Waals surface area contributed by atoms with E-state index in [4.69, 9.17) is 0 Å². The largest absolute Gasteiger partial charge is 0.0622 e. The highest BCUT2D eigenvalue weighted by molar-refractivity contribution is 5.92. The van der Waals surface area contributed by atoms with Gasteiger partial charge in [0.25, 0.3) is 0 Å². The quantitative estimate of drug-likeness (QED) is 0.169. The Bertz CT molecular complexity index is 2730. The molecule has 8 aromatic rings. The van der Waals surface area contributed by atoms with Gasteiger partial charge in [-0.1, -0.05) is 179 Å². The summed E-state index contributed by atoms with van der Waals surface area (Å²) in [6, 6.07) is 67.7. The van der Waals surface area contributed by atoms with Gasteiger partial charge in [0.2, 0.25) is 0 Å². The number of fused-ring (bicyclic) bond motifs is 6. The number of hydrogen-bond donors (Lipinski definition) is 0. The molecule has 0 atom stereocenters. The van der Waals surface area contributed by atoms with Crippen molar-refractivity contribution in [3.05, 3.63) is 204 Å². The second-order valence-electron chi connectivity index (χ2n) is 16.1. The molecule has 8 aromatic carbocycles. The average Bonchev–Trinajstić information content (AvgIpc) is 3.59. The summed E-state index contributed by atoms with van der Waals surface area (Å²) < 4.78 is 0. The SMILES string of the molecule is CC1(C)c2cc(-c3ccccc3)ccc2-c2ccc(-c3ccc4c(c3)C(C)(C)c3cc(-c5cc(-c6ccccc6)ccc5-c5ccccc5)ccc3-4)cc21. The van der Waals surface area contributed by atoms with Gasteiger partial charge < -0.3 is 0 Å². The Hall–Kier alpha value is -6.24. The van der Waals surface area contributed by atoms with E-state index >= 15 is 0 Å². The van der Waals surface area contributed by atoms with Gasteiger partial charge in [-0.15, -0.1) is 0 Å². The lowest BCUT2D eigenvalue weighted by atomic mass is 9.79. The van der Waals surface area contributed by atoms with Crippen molar-refractivity contribution in [2.75, 3.05) is 0 Å². The Morgan fingerprint density at radius 3 is 0.926 bits per heavy atom. The van der Waals surface area contributed by atoms with E-state index in [1.807, 2.05) is 0 Å². The van der Waals surface area contributed by atoms with Crippen molar-refractivity contribution < 1.29 is 0 Å². The molecule has 0 aliphatic heterocycles. The molecule has 0 saturated carbocycles. The van der Waals surface area contributed by atoms with Crippen molar-refractivity contribution in [3.8, 4) is 77.9 Å². The van der Waals surface area contributed by atoms with Crippen LogP contribution < -0.4 is 0 Å². The maximum Gasteiger partial charge on any atom is 0.0159 e. The van der Waals surface area contributed by atoms with E-state index in [0.717, 1.165) is 0 Å². The molecular formula is C54H42. The van der Waals surface area contributed by atoms with E-state index in [1.54, 1.807) is 0 Å². The summed E-state index contributed by atoms with van der Waals surface area (Å²) in [6.45, 7) is 9.57. The third kappa shape index (κ3) is 5.05. The van der Waals surface area contributed by atoms with Gasteiger partial charge in [-0.05, 0) is 130 Å². The Balaban J connectivity index is 1.03. The first-order valence-corrected chi connectivity index (χ1v) is 19.2. The van der Waals surface area contributed by atoms with Crippen LogP contribution in [-0.2, 0) is 10.8 Å². The van der Waals surface area contributed by atoms with Gasteiger partial charge >= 0.3 is 0 Å². The zero-order valence-electron chi connectivity index (χ0n) is 31.3. The molecule has 0 nitrogen and oxygen atoms in total. The fraction of sp³-hybridized carbons (Fsp3) is 0.111. The van der Waals surface area contributed by atoms with Crippen LogP contribution in [0.25, 0.3) is 77.9 Å². The van der Waals surface area contributed by atoms with Crippen LogP contribution >= 0.6 is 0 Å². The molecule has 0 heteroatoms. The van der Waals surface area contributed by atoms with Crippen LogP contribution in [0.2, 0.25) is 0 Å². The molecular weight excluding hydrogens is 649 g/mol. The molecule has 0 N–H and O–H groups in total. The van der Waals surface area contributed by atoms with E-state index in [1.165, 1.54) is 100 Å². The lowest BCUT2D eigenvalue weighted by Crippen LogP contribution is -2.15. The Morgan fingerprint density at radius 1 is 0.222 bits per heavy atom. The van der Waals surface area contributed by atoms with Gasteiger partial charge in [0.05, 0.1) is 0 Å². The fourth-order valence-electron chi connectivity index (χ4n) is 9.27. The minimum atomic E-state index is -0.152. The van der Waals surface area contributed by atoms with Crippen LogP contribution in [-0.4, -0.2) is 0 Å². The normalized spacial score (nSPS) is 14.2. The predicted molar refractivity (Wildman–Crippen MR) is 229 cm³/mol. The summed E-state index contributed by atoms with van der Waals surface area (Å²) in [5, 5.41) is 0. The van der Waals surface area contributed by atoms with Gasteiger partial charge in [-0.2, -0.15) is 0 Å². The monoisotopic (exact) mass is 690 g/mol. The molecule has 54 heavy (non-hydrogen) atoms. The van der Waals surface area contributed by atoms with Crippen molar-refractivity contribution in [1.29, 1.82) is 0 Å². The standard InChI is InChI=1S/C54H42/c1-53(2)49-31-39(36-16-10-6-11-17-36)21-26-44(49)45-27-22-40(32-50(45)53)41-23-28-46-47-29-24-42(34-52(47)54(3,4)51(46)33-41)48-30-38(35-14-8-5-9-15-35)20-25-43(48)37-18-12-7-13-19-37/h5-34H,1-4H3. The second-order valence-corrected chi connectivity index (χ2v) is 16.1. The van der Waals surface area contributed by atoms with Crippen LogP contribution in [0.1, 0.15) is 49.9 Å². The predicted octanol–water partition coefficient (Wildman–Crippen LogP) is 14.6. The molecule has 10 rings (SSSR count). The number of rotatable bonds is 5. The van der Waals surface area contributed by atoms with Crippen LogP contribution in [0.15, 0.2) is 182 Å². The molecule has 0 aromatic heterocycles. The van der Waals surface area contributed by atoms with Crippen molar-refractivity contribution in [1.82, 2.24) is 0 Å². The summed E-state index contributed by atoms with van der Waals surface area (Å²) in [6.07, 6.45) is 0. The van der Waals surface area contributed by atoms with Crippen molar-refractivity contribution in [2.24, 2.45) is 0 Å². The molecule has 0 heterocycles. The Labute approximate surface area is 319 Å². The van der Waals surface area contributed by atoms with Gasteiger partial charge in [-0.3, -0.25) is 0 Å². The van der Waals surface area contributed by atoms with Crippen molar-refractivity contribution >= 4 is 0 Å². The molecule has 0 amide bonds. The molecule has 258 valence electrons. The first-order valence-electron chi connectivity index (χ1n) is 19.2. The third-order valence-electron chi connectivity index (χ3n) is 12.3. The second kappa shape index (κ2) is 12.2. The Kier molecular flexibility index (Phi) is 7.29. The highest BCUT2D eigenvalue weighted by atomic mass is 14.4. The summed E-state index contributed by atoms with van der Waals surface area (Å²) >= 11 is 0. The minimum absolute atomic E-state index is 0.0927. The highest BCUT2D eigenvalue weighted by Gasteiger charge is 2.38. The maximum atomic E-state index is 2.46. The molecule has 2 aliphatic rings. The summed E-state index contributed by atoms with van der Waals surface area (Å²) in [7, 11) is 0. The molecule has 0 spiro atoms. The van der Waals surface area contributed by atoms with Crippen molar-refractivity contribution in [3.63, 3.8) is 0 Å². The number of benzene rings is 8. The van der Waals surface area contributed by atoms with E-state index in [9.17, 15) is 0 Å². The fourth-order valence-corrected chi connectivity index (χ4v) is 9.27. The molecule has 0 fully saturated rings. The first kappa shape index (κ1) is 32.4. The zero-order chi connectivity index (χ0) is 36.6. The maximum absolute atomic E-state index is 2.46. The topological polar surface area (TPSA) is 0 Å². The van der Waals surface area contributed by atoms with Crippen LogP contribution in [0, 0.1) is 0 Å². The molecule has 2 aliphatic carbocycles. The number of hydrogen-bond acceptors (Lipinski definition) is 0. The summed E-state index contributed by atoms with van der Waals surface area (Å²) in [5.74, 6) is 0. The Morgan fingerprint density at radius 2 is 0.519 bits per heavy atom. The summed E-state index contributed by atoms with van der Waals surface area (Å²) in [5.41, 5.74) is 23.3. The average molecular weight is 691 g/mol. The van der Waals surface area contributed by atoms with Gasteiger partial charge in [0.1, 0.15) is 0 Å². The third-order valence-corrected chi connectivity index (χ3v) is 12.3. The lowest BCUT2D eigenvalue weighted by molar-refractivity contribution is 0.660. The smallest absolute Gasteiger partial charge is 0.0159 e. The van der Waals surface area contributed by atoms with Gasteiger partial charge in [0.15, 0.2) is 0 Å². The zero-order valence-corrected chi connectivity index (χ0v) is 31.3. The molecule has 0 radical (unpaired) electrons. The van der Waals surface area contributed by atoms with E-state index in [0.29, 0.717) is 0 Å².